The second kappa shape index (κ2) is 10.3. The Morgan fingerprint density at radius 1 is 1.03 bits per heavy atom. The molecule has 2 aromatic rings. The van der Waals surface area contributed by atoms with Gasteiger partial charge in [-0.1, -0.05) is 57.4 Å². The fourth-order valence-electron chi connectivity index (χ4n) is 3.99. The standard InChI is InChI=1S/C23H31N3O3/c1-16(2)22(19-12-10-18(11-13-19)17-7-4-3-5-8-17)24-15-21(27)25-26-23(28)20-9-6-14-29-20/h6,9-14,16-17,22,24H,3-5,7-8,15H2,1-2H3,(H,25,27)(H,26,28)/t22-/m0/s1. The normalized spacial score (nSPS) is 15.8. The molecule has 1 aliphatic carbocycles. The quantitative estimate of drug-likeness (QED) is 0.615. The van der Waals surface area contributed by atoms with E-state index in [2.05, 4.69) is 54.3 Å². The molecule has 0 saturated heterocycles. The van der Waals surface area contributed by atoms with Gasteiger partial charge in [-0.3, -0.25) is 20.4 Å². The van der Waals surface area contributed by atoms with E-state index in [0.29, 0.717) is 11.8 Å². The number of nitrogens with one attached hydrogen (secondary N) is 3. The van der Waals surface area contributed by atoms with Gasteiger partial charge in [-0.2, -0.15) is 0 Å². The number of hydrazine groups is 1. The van der Waals surface area contributed by atoms with Crippen LogP contribution in [0.4, 0.5) is 0 Å². The first kappa shape index (κ1) is 21.1. The van der Waals surface area contributed by atoms with Gasteiger partial charge in [-0.25, -0.2) is 0 Å². The number of benzene rings is 1. The Balaban J connectivity index is 1.51. The highest BCUT2D eigenvalue weighted by atomic mass is 16.3. The number of amides is 2. The topological polar surface area (TPSA) is 83.4 Å². The maximum absolute atomic E-state index is 12.1. The first-order chi connectivity index (χ1) is 14.0. The van der Waals surface area contributed by atoms with Crippen LogP contribution in [0.1, 0.15) is 79.6 Å². The van der Waals surface area contributed by atoms with E-state index in [1.54, 1.807) is 6.07 Å². The second-order valence-corrected chi connectivity index (χ2v) is 8.08. The minimum atomic E-state index is -0.484. The molecule has 6 heteroatoms. The molecule has 1 aromatic carbocycles. The van der Waals surface area contributed by atoms with Crippen LogP contribution >= 0.6 is 0 Å². The number of hydrogen-bond acceptors (Lipinski definition) is 4. The number of furan rings is 1. The number of carbonyl (C=O) groups excluding carboxylic acids is 2. The fraction of sp³-hybridized carbons (Fsp3) is 0.478. The summed E-state index contributed by atoms with van der Waals surface area (Å²) < 4.78 is 4.99. The summed E-state index contributed by atoms with van der Waals surface area (Å²) in [4.78, 5) is 23.9. The van der Waals surface area contributed by atoms with Crippen LogP contribution in [0.3, 0.4) is 0 Å². The molecular weight excluding hydrogens is 366 g/mol. The van der Waals surface area contributed by atoms with Crippen molar-refractivity contribution in [2.45, 2.75) is 57.9 Å². The van der Waals surface area contributed by atoms with E-state index in [1.807, 2.05) is 0 Å². The number of rotatable bonds is 7. The molecule has 1 atom stereocenters. The lowest BCUT2D eigenvalue weighted by molar-refractivity contribution is -0.121. The van der Waals surface area contributed by atoms with Gasteiger partial charge in [0.1, 0.15) is 0 Å². The number of carbonyl (C=O) groups is 2. The molecule has 0 bridgehead atoms. The van der Waals surface area contributed by atoms with E-state index in [1.165, 1.54) is 55.6 Å². The summed E-state index contributed by atoms with van der Waals surface area (Å²) in [7, 11) is 0. The summed E-state index contributed by atoms with van der Waals surface area (Å²) in [5.74, 6) is 0.362. The average molecular weight is 398 g/mol. The van der Waals surface area contributed by atoms with Gasteiger partial charge in [0.15, 0.2) is 5.76 Å². The third-order valence-electron chi connectivity index (χ3n) is 5.58. The summed E-state index contributed by atoms with van der Waals surface area (Å²) in [5.41, 5.74) is 7.36. The van der Waals surface area contributed by atoms with Crippen molar-refractivity contribution in [1.29, 1.82) is 0 Å². The zero-order valence-electron chi connectivity index (χ0n) is 17.2. The zero-order valence-corrected chi connectivity index (χ0v) is 17.2. The Morgan fingerprint density at radius 2 is 1.76 bits per heavy atom. The van der Waals surface area contributed by atoms with Crippen LogP contribution in [-0.2, 0) is 4.79 Å². The molecule has 2 amide bonds. The van der Waals surface area contributed by atoms with Crippen molar-refractivity contribution in [2.24, 2.45) is 5.92 Å². The lowest BCUT2D eigenvalue weighted by atomic mass is 9.83. The largest absolute Gasteiger partial charge is 0.459 e. The molecule has 1 heterocycles. The van der Waals surface area contributed by atoms with Crippen LogP contribution in [-0.4, -0.2) is 18.4 Å². The Morgan fingerprint density at radius 3 is 2.38 bits per heavy atom. The van der Waals surface area contributed by atoms with Gasteiger partial charge in [0.2, 0.25) is 0 Å². The molecule has 0 unspecified atom stereocenters. The summed E-state index contributed by atoms with van der Waals surface area (Å²) in [5, 5.41) is 3.31. The average Bonchev–Trinajstić information content (AvgIpc) is 3.28. The summed E-state index contributed by atoms with van der Waals surface area (Å²) >= 11 is 0. The predicted octanol–water partition coefficient (Wildman–Crippen LogP) is 4.08. The van der Waals surface area contributed by atoms with Crippen molar-refractivity contribution in [1.82, 2.24) is 16.2 Å². The van der Waals surface area contributed by atoms with Crippen LogP contribution in [0.15, 0.2) is 47.1 Å². The summed E-state index contributed by atoms with van der Waals surface area (Å²) in [6.45, 7) is 4.36. The third-order valence-corrected chi connectivity index (χ3v) is 5.58. The lowest BCUT2D eigenvalue weighted by Gasteiger charge is -2.25. The maximum atomic E-state index is 12.1. The molecule has 156 valence electrons. The van der Waals surface area contributed by atoms with E-state index in [4.69, 9.17) is 4.42 Å². The SMILES string of the molecule is CC(C)[C@H](NCC(=O)NNC(=O)c1ccco1)c1ccc(C2CCCCC2)cc1. The van der Waals surface area contributed by atoms with Crippen molar-refractivity contribution in [3.8, 4) is 0 Å². The number of hydrogen-bond donors (Lipinski definition) is 3. The molecule has 1 fully saturated rings. The van der Waals surface area contributed by atoms with Crippen molar-refractivity contribution in [2.75, 3.05) is 6.54 Å². The van der Waals surface area contributed by atoms with Crippen molar-refractivity contribution in [3.63, 3.8) is 0 Å². The first-order valence-corrected chi connectivity index (χ1v) is 10.5. The van der Waals surface area contributed by atoms with Gasteiger partial charge in [0.05, 0.1) is 12.8 Å². The van der Waals surface area contributed by atoms with Gasteiger partial charge in [-0.15, -0.1) is 0 Å². The van der Waals surface area contributed by atoms with Crippen molar-refractivity contribution in [3.05, 3.63) is 59.5 Å². The highest BCUT2D eigenvalue weighted by Crippen LogP contribution is 2.33. The molecule has 6 nitrogen and oxygen atoms in total. The highest BCUT2D eigenvalue weighted by molar-refractivity contribution is 5.93. The van der Waals surface area contributed by atoms with E-state index < -0.39 is 5.91 Å². The van der Waals surface area contributed by atoms with Crippen LogP contribution in [0.5, 0.6) is 0 Å². The Labute approximate surface area is 172 Å². The minimum absolute atomic E-state index is 0.0573. The van der Waals surface area contributed by atoms with Gasteiger partial charge in [0, 0.05) is 6.04 Å². The predicted molar refractivity (Wildman–Crippen MR) is 112 cm³/mol. The van der Waals surface area contributed by atoms with E-state index in [-0.39, 0.29) is 24.3 Å². The van der Waals surface area contributed by atoms with Crippen LogP contribution in [0.25, 0.3) is 0 Å². The molecule has 1 aliphatic rings. The molecule has 29 heavy (non-hydrogen) atoms. The molecule has 0 aliphatic heterocycles. The first-order valence-electron chi connectivity index (χ1n) is 10.5. The molecule has 3 rings (SSSR count). The zero-order chi connectivity index (χ0) is 20.6. The van der Waals surface area contributed by atoms with Gasteiger partial charge >= 0.3 is 5.91 Å². The van der Waals surface area contributed by atoms with Crippen LogP contribution in [0.2, 0.25) is 0 Å². The summed E-state index contributed by atoms with van der Waals surface area (Å²) in [6.07, 6.45) is 8.00. The van der Waals surface area contributed by atoms with E-state index >= 15 is 0 Å². The summed E-state index contributed by atoms with van der Waals surface area (Å²) in [6, 6.07) is 12.0. The minimum Gasteiger partial charge on any atom is -0.459 e. The smallest absolute Gasteiger partial charge is 0.305 e. The fourth-order valence-corrected chi connectivity index (χ4v) is 3.99. The molecule has 0 spiro atoms. The van der Waals surface area contributed by atoms with Crippen LogP contribution < -0.4 is 16.2 Å². The molecule has 1 saturated carbocycles. The Kier molecular flexibility index (Phi) is 7.47. The maximum Gasteiger partial charge on any atom is 0.305 e. The van der Waals surface area contributed by atoms with Gasteiger partial charge < -0.3 is 9.73 Å². The van der Waals surface area contributed by atoms with E-state index in [0.717, 1.165) is 0 Å². The molecule has 3 N–H and O–H groups in total. The molecule has 1 aromatic heterocycles. The Bertz CT molecular complexity index is 778. The van der Waals surface area contributed by atoms with Gasteiger partial charge in [0.25, 0.3) is 5.91 Å². The lowest BCUT2D eigenvalue weighted by Crippen LogP contribution is -2.46. The molecular formula is C23H31N3O3. The third kappa shape index (κ3) is 5.94. The van der Waals surface area contributed by atoms with Crippen molar-refractivity contribution >= 4 is 11.8 Å². The highest BCUT2D eigenvalue weighted by Gasteiger charge is 2.19. The van der Waals surface area contributed by atoms with Gasteiger partial charge in [-0.05, 0) is 47.9 Å². The van der Waals surface area contributed by atoms with Crippen LogP contribution in [0, 0.1) is 5.92 Å². The van der Waals surface area contributed by atoms with Crippen molar-refractivity contribution < 1.29 is 14.0 Å². The second-order valence-electron chi connectivity index (χ2n) is 8.08. The van der Waals surface area contributed by atoms with E-state index in [9.17, 15) is 9.59 Å². The molecule has 0 radical (unpaired) electrons. The Hall–Kier alpha value is -2.60. The monoisotopic (exact) mass is 397 g/mol.